The standard InChI is InChI=1S/C8H13NO5/c1-3(11)9-5-7(13)6(12)4(2-10)14-8(5)9/h4-8,10,12-13H,2H2,1H3. The van der Waals surface area contributed by atoms with E-state index in [1.54, 1.807) is 0 Å². The Labute approximate surface area is 80.7 Å². The van der Waals surface area contributed by atoms with Crippen molar-refractivity contribution < 1.29 is 24.9 Å². The number of nitrogens with zero attached hydrogens (tertiary/aromatic N) is 1. The van der Waals surface area contributed by atoms with E-state index in [4.69, 9.17) is 9.84 Å². The largest absolute Gasteiger partial charge is 0.394 e. The van der Waals surface area contributed by atoms with Gasteiger partial charge in [-0.1, -0.05) is 0 Å². The van der Waals surface area contributed by atoms with Crippen molar-refractivity contribution in [3.63, 3.8) is 0 Å². The van der Waals surface area contributed by atoms with Crippen LogP contribution in [0.4, 0.5) is 0 Å². The van der Waals surface area contributed by atoms with Crippen LogP contribution < -0.4 is 0 Å². The molecule has 0 saturated carbocycles. The van der Waals surface area contributed by atoms with E-state index in [1.807, 2.05) is 0 Å². The minimum absolute atomic E-state index is 0.204. The van der Waals surface area contributed by atoms with Crippen LogP contribution in [-0.4, -0.2) is 63.3 Å². The summed E-state index contributed by atoms with van der Waals surface area (Å²) >= 11 is 0. The highest BCUT2D eigenvalue weighted by molar-refractivity contribution is 5.77. The highest BCUT2D eigenvalue weighted by atomic mass is 16.6. The molecule has 6 nitrogen and oxygen atoms in total. The van der Waals surface area contributed by atoms with Gasteiger partial charge in [-0.2, -0.15) is 0 Å². The molecule has 0 radical (unpaired) electrons. The third kappa shape index (κ3) is 1.23. The first-order valence-corrected chi connectivity index (χ1v) is 4.49. The van der Waals surface area contributed by atoms with Crippen LogP contribution in [-0.2, 0) is 9.53 Å². The van der Waals surface area contributed by atoms with Gasteiger partial charge in [-0.05, 0) is 0 Å². The predicted octanol–water partition coefficient (Wildman–Crippen LogP) is -2.34. The molecule has 2 fully saturated rings. The number of ether oxygens (including phenoxy) is 1. The summed E-state index contributed by atoms with van der Waals surface area (Å²) < 4.78 is 5.21. The van der Waals surface area contributed by atoms with E-state index in [9.17, 15) is 15.0 Å². The highest BCUT2D eigenvalue weighted by Gasteiger charge is 2.61. The molecule has 2 saturated heterocycles. The number of carbonyl (C=O) groups excluding carboxylic acids is 1. The van der Waals surface area contributed by atoms with Crippen LogP contribution in [0.15, 0.2) is 0 Å². The maximum atomic E-state index is 11.0. The summed E-state index contributed by atoms with van der Waals surface area (Å²) in [4.78, 5) is 12.4. The Balaban J connectivity index is 2.09. The molecule has 0 spiro atoms. The monoisotopic (exact) mass is 203 g/mol. The number of fused-ring (bicyclic) bond motifs is 1. The molecular weight excluding hydrogens is 190 g/mol. The van der Waals surface area contributed by atoms with Gasteiger partial charge in [0.1, 0.15) is 24.4 Å². The van der Waals surface area contributed by atoms with Crippen molar-refractivity contribution in [1.29, 1.82) is 0 Å². The van der Waals surface area contributed by atoms with Crippen molar-refractivity contribution in [3.8, 4) is 0 Å². The van der Waals surface area contributed by atoms with Crippen molar-refractivity contribution >= 4 is 5.91 Å². The number of rotatable bonds is 1. The van der Waals surface area contributed by atoms with Gasteiger partial charge in [0.25, 0.3) is 0 Å². The molecule has 5 unspecified atom stereocenters. The first kappa shape index (κ1) is 9.85. The molecular formula is C8H13NO5. The molecule has 1 amide bonds. The second-order valence-electron chi connectivity index (χ2n) is 3.65. The Morgan fingerprint density at radius 3 is 2.57 bits per heavy atom. The van der Waals surface area contributed by atoms with Crippen molar-refractivity contribution in [3.05, 3.63) is 0 Å². The van der Waals surface area contributed by atoms with Crippen molar-refractivity contribution in [1.82, 2.24) is 4.90 Å². The average molecular weight is 203 g/mol. The Bertz CT molecular complexity index is 258. The molecule has 80 valence electrons. The maximum absolute atomic E-state index is 11.0. The van der Waals surface area contributed by atoms with Gasteiger partial charge in [-0.15, -0.1) is 0 Å². The molecule has 3 N–H and O–H groups in total. The van der Waals surface area contributed by atoms with E-state index in [1.165, 1.54) is 11.8 Å². The zero-order valence-corrected chi connectivity index (χ0v) is 7.70. The van der Waals surface area contributed by atoms with Crippen LogP contribution in [0.25, 0.3) is 0 Å². The van der Waals surface area contributed by atoms with Crippen molar-refractivity contribution in [2.45, 2.75) is 37.5 Å². The third-order valence-corrected chi connectivity index (χ3v) is 2.74. The average Bonchev–Trinajstić information content (AvgIpc) is 2.85. The van der Waals surface area contributed by atoms with Crippen LogP contribution in [0.2, 0.25) is 0 Å². The summed E-state index contributed by atoms with van der Waals surface area (Å²) in [5.74, 6) is -0.204. The molecule has 5 atom stereocenters. The summed E-state index contributed by atoms with van der Waals surface area (Å²) in [6, 6.07) is -0.453. The van der Waals surface area contributed by atoms with Crippen LogP contribution in [0.3, 0.4) is 0 Å². The fourth-order valence-corrected chi connectivity index (χ4v) is 1.93. The molecule has 0 aromatic carbocycles. The first-order chi connectivity index (χ1) is 6.57. The Hall–Kier alpha value is -0.690. The second kappa shape index (κ2) is 3.16. The summed E-state index contributed by atoms with van der Waals surface area (Å²) in [6.07, 6.45) is -3.46. The zero-order chi connectivity index (χ0) is 10.5. The van der Waals surface area contributed by atoms with Gasteiger partial charge in [0.05, 0.1) is 6.61 Å². The SMILES string of the molecule is CC(=O)N1C2OC(CO)C(O)C(O)C21. The lowest BCUT2D eigenvalue weighted by atomic mass is 10.0. The normalized spacial score (nSPS) is 46.0. The van der Waals surface area contributed by atoms with Gasteiger partial charge in [-0.3, -0.25) is 4.79 Å². The fraction of sp³-hybridized carbons (Fsp3) is 0.875. The lowest BCUT2D eigenvalue weighted by Gasteiger charge is -2.28. The number of amides is 1. The number of aliphatic hydroxyl groups is 3. The smallest absolute Gasteiger partial charge is 0.222 e. The van der Waals surface area contributed by atoms with E-state index in [0.717, 1.165) is 0 Å². The summed E-state index contributed by atoms with van der Waals surface area (Å²) in [7, 11) is 0. The minimum atomic E-state index is -1.13. The molecule has 0 bridgehead atoms. The molecule has 0 aromatic heterocycles. The Morgan fingerprint density at radius 2 is 2.07 bits per heavy atom. The van der Waals surface area contributed by atoms with Crippen molar-refractivity contribution in [2.75, 3.05) is 6.61 Å². The minimum Gasteiger partial charge on any atom is -0.394 e. The van der Waals surface area contributed by atoms with E-state index >= 15 is 0 Å². The number of hydrogen-bond acceptors (Lipinski definition) is 5. The van der Waals surface area contributed by atoms with Crippen LogP contribution in [0.1, 0.15) is 6.92 Å². The Morgan fingerprint density at radius 1 is 1.43 bits per heavy atom. The summed E-state index contributed by atoms with van der Waals surface area (Å²) in [5.41, 5.74) is 0. The van der Waals surface area contributed by atoms with Crippen LogP contribution in [0, 0.1) is 0 Å². The van der Waals surface area contributed by atoms with E-state index < -0.39 is 30.6 Å². The van der Waals surface area contributed by atoms with Crippen LogP contribution >= 0.6 is 0 Å². The van der Waals surface area contributed by atoms with Gasteiger partial charge in [-0.25, -0.2) is 0 Å². The predicted molar refractivity (Wildman–Crippen MR) is 44.1 cm³/mol. The highest BCUT2D eigenvalue weighted by Crippen LogP contribution is 2.39. The van der Waals surface area contributed by atoms with Gasteiger partial charge < -0.3 is 25.0 Å². The fourth-order valence-electron chi connectivity index (χ4n) is 1.93. The van der Waals surface area contributed by atoms with E-state index in [2.05, 4.69) is 0 Å². The molecule has 14 heavy (non-hydrogen) atoms. The van der Waals surface area contributed by atoms with Gasteiger partial charge >= 0.3 is 0 Å². The molecule has 6 heteroatoms. The van der Waals surface area contributed by atoms with Gasteiger partial charge in [0.2, 0.25) is 5.91 Å². The van der Waals surface area contributed by atoms with E-state index in [-0.39, 0.29) is 12.5 Å². The van der Waals surface area contributed by atoms with Gasteiger partial charge in [0, 0.05) is 6.92 Å². The second-order valence-corrected chi connectivity index (χ2v) is 3.65. The Kier molecular flexibility index (Phi) is 2.23. The molecule has 2 aliphatic heterocycles. The lowest BCUT2D eigenvalue weighted by molar-refractivity contribution is -0.144. The quantitative estimate of drug-likeness (QED) is 0.415. The van der Waals surface area contributed by atoms with E-state index in [0.29, 0.717) is 0 Å². The number of carbonyl (C=O) groups is 1. The molecule has 2 aliphatic rings. The summed E-state index contributed by atoms with van der Waals surface area (Å²) in [6.45, 7) is 1.00. The molecule has 0 aliphatic carbocycles. The third-order valence-electron chi connectivity index (χ3n) is 2.74. The topological polar surface area (TPSA) is 90.0 Å². The molecule has 2 heterocycles. The number of hydrogen-bond donors (Lipinski definition) is 3. The van der Waals surface area contributed by atoms with Crippen LogP contribution in [0.5, 0.6) is 0 Å². The maximum Gasteiger partial charge on any atom is 0.222 e. The number of aliphatic hydroxyl groups excluding tert-OH is 3. The molecule has 0 aromatic rings. The first-order valence-electron chi connectivity index (χ1n) is 4.49. The summed E-state index contributed by atoms with van der Waals surface area (Å²) in [5, 5.41) is 27.9. The van der Waals surface area contributed by atoms with Crippen molar-refractivity contribution in [2.24, 2.45) is 0 Å². The van der Waals surface area contributed by atoms with Gasteiger partial charge in [0.15, 0.2) is 6.23 Å². The zero-order valence-electron chi connectivity index (χ0n) is 7.70. The lowest BCUT2D eigenvalue weighted by Crippen LogP contribution is -2.49. The molecule has 2 rings (SSSR count).